The van der Waals surface area contributed by atoms with Crippen LogP contribution in [0.25, 0.3) is 0 Å². The SMILES string of the molecule is CCC(CC)C(C)NS(=O)(=O)c1cc(Br)ccc1OC. The summed E-state index contributed by atoms with van der Waals surface area (Å²) in [4.78, 5) is 0.159. The lowest BCUT2D eigenvalue weighted by Gasteiger charge is -2.23. The van der Waals surface area contributed by atoms with Gasteiger partial charge in [0.2, 0.25) is 10.0 Å². The van der Waals surface area contributed by atoms with E-state index in [4.69, 9.17) is 4.74 Å². The predicted octanol–water partition coefficient (Wildman–Crippen LogP) is 3.56. The molecule has 1 aromatic carbocycles. The molecule has 1 rings (SSSR count). The molecule has 20 heavy (non-hydrogen) atoms. The van der Waals surface area contributed by atoms with Crippen molar-refractivity contribution in [1.29, 1.82) is 0 Å². The molecule has 1 N–H and O–H groups in total. The van der Waals surface area contributed by atoms with Crippen LogP contribution in [0, 0.1) is 5.92 Å². The van der Waals surface area contributed by atoms with E-state index in [1.54, 1.807) is 18.2 Å². The molecule has 0 bridgehead atoms. The largest absolute Gasteiger partial charge is 0.495 e. The topological polar surface area (TPSA) is 55.4 Å². The molecular formula is C14H22BrNO3S. The summed E-state index contributed by atoms with van der Waals surface area (Å²) in [6.07, 6.45) is 1.88. The fourth-order valence-electron chi connectivity index (χ4n) is 2.26. The van der Waals surface area contributed by atoms with Gasteiger partial charge in [0.05, 0.1) is 7.11 Å². The van der Waals surface area contributed by atoms with Crippen LogP contribution < -0.4 is 9.46 Å². The van der Waals surface area contributed by atoms with Crippen molar-refractivity contribution >= 4 is 26.0 Å². The van der Waals surface area contributed by atoms with Gasteiger partial charge in [0.1, 0.15) is 10.6 Å². The van der Waals surface area contributed by atoms with Crippen molar-refractivity contribution in [3.63, 3.8) is 0 Å². The Hall–Kier alpha value is -0.590. The average Bonchev–Trinajstić information content (AvgIpc) is 2.39. The maximum Gasteiger partial charge on any atom is 0.244 e. The Labute approximate surface area is 130 Å². The zero-order chi connectivity index (χ0) is 15.3. The first-order chi connectivity index (χ1) is 9.35. The number of sulfonamides is 1. The predicted molar refractivity (Wildman–Crippen MR) is 84.5 cm³/mol. The molecule has 0 saturated heterocycles. The lowest BCUT2D eigenvalue weighted by Crippen LogP contribution is -2.37. The Morgan fingerprint density at radius 3 is 2.40 bits per heavy atom. The summed E-state index contributed by atoms with van der Waals surface area (Å²) in [7, 11) is -2.13. The van der Waals surface area contributed by atoms with E-state index in [2.05, 4.69) is 34.5 Å². The highest BCUT2D eigenvalue weighted by Gasteiger charge is 2.24. The van der Waals surface area contributed by atoms with Crippen molar-refractivity contribution in [1.82, 2.24) is 4.72 Å². The fourth-order valence-corrected chi connectivity index (χ4v) is 4.28. The second kappa shape index (κ2) is 7.43. The molecule has 6 heteroatoms. The Balaban J connectivity index is 3.08. The summed E-state index contributed by atoms with van der Waals surface area (Å²) in [5, 5.41) is 0. The van der Waals surface area contributed by atoms with Crippen molar-refractivity contribution in [3.05, 3.63) is 22.7 Å². The third-order valence-corrected chi connectivity index (χ3v) is 5.59. The second-order valence-corrected chi connectivity index (χ2v) is 7.38. The van der Waals surface area contributed by atoms with E-state index in [1.807, 2.05) is 6.92 Å². The van der Waals surface area contributed by atoms with E-state index >= 15 is 0 Å². The number of nitrogens with one attached hydrogen (secondary N) is 1. The summed E-state index contributed by atoms with van der Waals surface area (Å²) in [6.45, 7) is 6.04. The molecule has 0 aromatic heterocycles. The molecule has 0 amide bonds. The van der Waals surface area contributed by atoms with Crippen molar-refractivity contribution in [2.45, 2.75) is 44.6 Å². The van der Waals surface area contributed by atoms with Gasteiger partial charge < -0.3 is 4.74 Å². The highest BCUT2D eigenvalue weighted by atomic mass is 79.9. The minimum Gasteiger partial charge on any atom is -0.495 e. The van der Waals surface area contributed by atoms with E-state index in [0.717, 1.165) is 12.8 Å². The molecule has 0 fully saturated rings. The van der Waals surface area contributed by atoms with Crippen LogP contribution in [0.2, 0.25) is 0 Å². The molecule has 4 nitrogen and oxygen atoms in total. The number of methoxy groups -OCH3 is 1. The van der Waals surface area contributed by atoms with Gasteiger partial charge in [-0.05, 0) is 31.0 Å². The third-order valence-electron chi connectivity index (χ3n) is 3.51. The number of ether oxygens (including phenoxy) is 1. The number of halogens is 1. The first-order valence-electron chi connectivity index (χ1n) is 6.71. The van der Waals surface area contributed by atoms with Crippen molar-refractivity contribution in [3.8, 4) is 5.75 Å². The van der Waals surface area contributed by atoms with E-state index < -0.39 is 10.0 Å². The molecule has 0 heterocycles. The lowest BCUT2D eigenvalue weighted by atomic mass is 9.96. The van der Waals surface area contributed by atoms with E-state index in [0.29, 0.717) is 16.1 Å². The quantitative estimate of drug-likeness (QED) is 0.805. The van der Waals surface area contributed by atoms with E-state index in [1.165, 1.54) is 7.11 Å². The maximum atomic E-state index is 12.5. The van der Waals surface area contributed by atoms with Crippen LogP contribution in [0.5, 0.6) is 5.75 Å². The van der Waals surface area contributed by atoms with Crippen LogP contribution in [0.3, 0.4) is 0 Å². The van der Waals surface area contributed by atoms with Gasteiger partial charge >= 0.3 is 0 Å². The van der Waals surface area contributed by atoms with Crippen LogP contribution in [-0.2, 0) is 10.0 Å². The van der Waals surface area contributed by atoms with Gasteiger partial charge in [-0.3, -0.25) is 0 Å². The zero-order valence-corrected chi connectivity index (χ0v) is 14.7. The summed E-state index contributed by atoms with van der Waals surface area (Å²) in [6, 6.07) is 4.84. The molecule has 0 radical (unpaired) electrons. The first-order valence-corrected chi connectivity index (χ1v) is 8.99. The summed E-state index contributed by atoms with van der Waals surface area (Å²) in [5.41, 5.74) is 0. The molecule has 1 atom stereocenters. The second-order valence-electron chi connectivity index (χ2n) is 4.78. The van der Waals surface area contributed by atoms with Crippen LogP contribution in [-0.4, -0.2) is 21.6 Å². The maximum absolute atomic E-state index is 12.5. The Morgan fingerprint density at radius 2 is 1.90 bits per heavy atom. The molecule has 0 aliphatic heterocycles. The normalized spacial score (nSPS) is 13.5. The number of benzene rings is 1. The Kier molecular flexibility index (Phi) is 6.48. The van der Waals surface area contributed by atoms with Gasteiger partial charge in [0, 0.05) is 10.5 Å². The van der Waals surface area contributed by atoms with Crippen molar-refractivity contribution in [2.75, 3.05) is 7.11 Å². The molecule has 0 spiro atoms. The van der Waals surface area contributed by atoms with Gasteiger partial charge in [-0.1, -0.05) is 42.6 Å². The molecule has 1 unspecified atom stereocenters. The van der Waals surface area contributed by atoms with E-state index in [-0.39, 0.29) is 10.9 Å². The minimum absolute atomic E-state index is 0.112. The van der Waals surface area contributed by atoms with Crippen molar-refractivity contribution < 1.29 is 13.2 Å². The third kappa shape index (κ3) is 4.20. The highest BCUT2D eigenvalue weighted by Crippen LogP contribution is 2.28. The van der Waals surface area contributed by atoms with Gasteiger partial charge in [-0.25, -0.2) is 13.1 Å². The molecule has 0 saturated carbocycles. The van der Waals surface area contributed by atoms with Gasteiger partial charge in [-0.15, -0.1) is 0 Å². The summed E-state index contributed by atoms with van der Waals surface area (Å²) >= 11 is 3.29. The highest BCUT2D eigenvalue weighted by molar-refractivity contribution is 9.10. The number of hydrogen-bond acceptors (Lipinski definition) is 3. The summed E-state index contributed by atoms with van der Waals surface area (Å²) in [5.74, 6) is 0.667. The molecule has 0 aliphatic rings. The standard InChI is InChI=1S/C14H22BrNO3S/c1-5-11(6-2)10(3)16-20(17,18)14-9-12(15)7-8-13(14)19-4/h7-11,16H,5-6H2,1-4H3. The van der Waals surface area contributed by atoms with Crippen LogP contribution in [0.1, 0.15) is 33.6 Å². The Morgan fingerprint density at radius 1 is 1.30 bits per heavy atom. The van der Waals surface area contributed by atoms with Gasteiger partial charge in [-0.2, -0.15) is 0 Å². The van der Waals surface area contributed by atoms with Crippen molar-refractivity contribution in [2.24, 2.45) is 5.92 Å². The van der Waals surface area contributed by atoms with Gasteiger partial charge in [0.15, 0.2) is 0 Å². The van der Waals surface area contributed by atoms with Crippen LogP contribution >= 0.6 is 15.9 Å². The summed E-state index contributed by atoms with van der Waals surface area (Å²) < 4.78 is 33.6. The minimum atomic E-state index is -3.59. The van der Waals surface area contributed by atoms with Crippen LogP contribution in [0.15, 0.2) is 27.6 Å². The monoisotopic (exact) mass is 363 g/mol. The zero-order valence-electron chi connectivity index (χ0n) is 12.3. The molecule has 1 aromatic rings. The Bertz CT molecular complexity index is 541. The first kappa shape index (κ1) is 17.5. The van der Waals surface area contributed by atoms with E-state index in [9.17, 15) is 8.42 Å². The smallest absolute Gasteiger partial charge is 0.244 e. The molecular weight excluding hydrogens is 342 g/mol. The van der Waals surface area contributed by atoms with Gasteiger partial charge in [0.25, 0.3) is 0 Å². The fraction of sp³-hybridized carbons (Fsp3) is 0.571. The molecule has 0 aliphatic carbocycles. The lowest BCUT2D eigenvalue weighted by molar-refractivity contribution is 0.386. The molecule has 114 valence electrons. The number of hydrogen-bond donors (Lipinski definition) is 1. The van der Waals surface area contributed by atoms with Crippen LogP contribution in [0.4, 0.5) is 0 Å². The number of rotatable bonds is 7. The average molecular weight is 364 g/mol.